The third kappa shape index (κ3) is 4.75. The minimum absolute atomic E-state index is 0.0457. The van der Waals surface area contributed by atoms with E-state index in [2.05, 4.69) is 17.0 Å². The lowest BCUT2D eigenvalue weighted by atomic mass is 10.0. The Balaban J connectivity index is 1.23. The number of carbonyl (C=O) groups excluding carboxylic acids is 1. The monoisotopic (exact) mass is 556 g/mol. The van der Waals surface area contributed by atoms with Gasteiger partial charge in [-0.05, 0) is 53.6 Å². The molecule has 2 aromatic heterocycles. The molecular weight excluding hydrogens is 527 g/mol. The normalized spacial score (nSPS) is 13.7. The molecule has 7 nitrogen and oxygen atoms in total. The minimum Gasteiger partial charge on any atom is -0.352 e. The molecule has 1 fully saturated rings. The average Bonchev–Trinajstić information content (AvgIpc) is 3.37. The first-order valence-corrected chi connectivity index (χ1v) is 14.1. The van der Waals surface area contributed by atoms with E-state index in [4.69, 9.17) is 15.1 Å². The van der Waals surface area contributed by atoms with E-state index >= 15 is 0 Å². The van der Waals surface area contributed by atoms with E-state index in [0.29, 0.717) is 44.1 Å². The Labute approximate surface area is 242 Å². The highest BCUT2D eigenvalue weighted by molar-refractivity contribution is 6.07. The maximum absolute atomic E-state index is 13.7. The van der Waals surface area contributed by atoms with Crippen LogP contribution in [0.25, 0.3) is 27.5 Å². The topological polar surface area (TPSA) is 67.2 Å². The van der Waals surface area contributed by atoms with Crippen LogP contribution in [0.5, 0.6) is 0 Å². The first-order chi connectivity index (χ1) is 20.5. The van der Waals surface area contributed by atoms with Crippen LogP contribution in [-0.4, -0.2) is 56.7 Å². The largest absolute Gasteiger partial charge is 0.352 e. The number of halogens is 1. The van der Waals surface area contributed by atoms with Crippen LogP contribution in [-0.2, 0) is 6.42 Å². The highest BCUT2D eigenvalue weighted by Gasteiger charge is 2.27. The van der Waals surface area contributed by atoms with Gasteiger partial charge in [0.1, 0.15) is 17.5 Å². The molecule has 1 amide bonds. The summed E-state index contributed by atoms with van der Waals surface area (Å²) in [6, 6.07) is 30.3. The summed E-state index contributed by atoms with van der Waals surface area (Å²) in [4.78, 5) is 27.8. The number of carbonyl (C=O) groups is 1. The van der Waals surface area contributed by atoms with Crippen molar-refractivity contribution in [1.82, 2.24) is 24.6 Å². The van der Waals surface area contributed by atoms with Crippen LogP contribution in [0.15, 0.2) is 97.1 Å². The highest BCUT2D eigenvalue weighted by Crippen LogP contribution is 2.31. The van der Waals surface area contributed by atoms with Crippen molar-refractivity contribution in [3.63, 3.8) is 0 Å². The number of hydrogen-bond donors (Lipinski definition) is 0. The molecule has 42 heavy (non-hydrogen) atoms. The number of hydrogen-bond acceptors (Lipinski definition) is 5. The van der Waals surface area contributed by atoms with Crippen molar-refractivity contribution in [3.05, 3.63) is 126 Å². The number of nitrogens with zero attached hydrogens (tertiary/aromatic N) is 6. The second-order valence-corrected chi connectivity index (χ2v) is 10.6. The molecule has 1 aliphatic rings. The van der Waals surface area contributed by atoms with E-state index in [1.54, 1.807) is 16.8 Å². The van der Waals surface area contributed by atoms with Crippen LogP contribution >= 0.6 is 0 Å². The van der Waals surface area contributed by atoms with Gasteiger partial charge in [-0.1, -0.05) is 66.7 Å². The fourth-order valence-corrected chi connectivity index (χ4v) is 5.76. The number of aryl methyl sites for hydroxylation is 1. The third-order valence-corrected chi connectivity index (χ3v) is 7.89. The molecule has 0 unspecified atom stereocenters. The molecule has 4 aromatic carbocycles. The summed E-state index contributed by atoms with van der Waals surface area (Å²) < 4.78 is 15.5. The van der Waals surface area contributed by atoms with Crippen molar-refractivity contribution in [2.24, 2.45) is 0 Å². The molecule has 0 atom stereocenters. The molecule has 7 rings (SSSR count). The van der Waals surface area contributed by atoms with Gasteiger partial charge in [-0.25, -0.2) is 19.0 Å². The van der Waals surface area contributed by atoms with Gasteiger partial charge in [0.05, 0.1) is 16.8 Å². The van der Waals surface area contributed by atoms with Gasteiger partial charge in [-0.2, -0.15) is 5.10 Å². The van der Waals surface area contributed by atoms with E-state index in [-0.39, 0.29) is 11.7 Å². The Hall–Kier alpha value is -5.11. The third-order valence-electron chi connectivity index (χ3n) is 7.89. The van der Waals surface area contributed by atoms with Gasteiger partial charge in [-0.15, -0.1) is 0 Å². The van der Waals surface area contributed by atoms with E-state index in [1.165, 1.54) is 12.1 Å². The van der Waals surface area contributed by atoms with Crippen molar-refractivity contribution in [3.8, 4) is 5.69 Å². The summed E-state index contributed by atoms with van der Waals surface area (Å²) in [5.41, 5.74) is 4.05. The maximum atomic E-state index is 13.7. The summed E-state index contributed by atoms with van der Waals surface area (Å²) in [6.07, 6.45) is 0.566. The van der Waals surface area contributed by atoms with Crippen LogP contribution in [0.4, 0.5) is 10.2 Å². The Kier molecular flexibility index (Phi) is 6.58. The van der Waals surface area contributed by atoms with E-state index in [1.807, 2.05) is 72.5 Å². The van der Waals surface area contributed by atoms with Gasteiger partial charge in [0, 0.05) is 38.2 Å². The second-order valence-electron chi connectivity index (χ2n) is 10.6. The van der Waals surface area contributed by atoms with Crippen LogP contribution in [0.1, 0.15) is 27.4 Å². The standard InChI is InChI=1S/C34H29FN6O/c1-23-31-32(39-18-20-40(21-19-39)34(42)29-13-7-11-25-10-5-6-12-28(25)29)36-30(22-24-8-3-2-4-9-24)37-33(31)41(38-23)27-16-14-26(35)15-17-27/h2-17H,18-22H2,1H3. The zero-order valence-electron chi connectivity index (χ0n) is 23.2. The van der Waals surface area contributed by atoms with Gasteiger partial charge in [0.25, 0.3) is 5.91 Å². The molecule has 0 bridgehead atoms. The van der Waals surface area contributed by atoms with Crippen LogP contribution < -0.4 is 4.90 Å². The molecule has 1 aliphatic heterocycles. The quantitative estimate of drug-likeness (QED) is 0.262. The van der Waals surface area contributed by atoms with E-state index in [9.17, 15) is 9.18 Å². The predicted octanol–water partition coefficient (Wildman–Crippen LogP) is 5.97. The number of benzene rings is 4. The van der Waals surface area contributed by atoms with E-state index < -0.39 is 0 Å². The first-order valence-electron chi connectivity index (χ1n) is 14.1. The van der Waals surface area contributed by atoms with Gasteiger partial charge < -0.3 is 9.80 Å². The van der Waals surface area contributed by atoms with Crippen LogP contribution in [0.2, 0.25) is 0 Å². The summed E-state index contributed by atoms with van der Waals surface area (Å²) in [7, 11) is 0. The fourth-order valence-electron chi connectivity index (χ4n) is 5.76. The predicted molar refractivity (Wildman–Crippen MR) is 163 cm³/mol. The summed E-state index contributed by atoms with van der Waals surface area (Å²) >= 11 is 0. The molecule has 6 aromatic rings. The molecule has 0 spiro atoms. The fraction of sp³-hybridized carbons (Fsp3) is 0.176. The summed E-state index contributed by atoms with van der Waals surface area (Å²) in [6.45, 7) is 4.37. The zero-order chi connectivity index (χ0) is 28.6. The molecule has 0 aliphatic carbocycles. The second kappa shape index (κ2) is 10.7. The number of anilines is 1. The number of amides is 1. The molecule has 208 valence electrons. The highest BCUT2D eigenvalue weighted by atomic mass is 19.1. The Bertz CT molecular complexity index is 1910. The molecular formula is C34H29FN6O. The van der Waals surface area contributed by atoms with Crippen molar-refractivity contribution in [1.29, 1.82) is 0 Å². The SMILES string of the molecule is Cc1nn(-c2ccc(F)cc2)c2nc(Cc3ccccc3)nc(N3CCN(C(=O)c4cccc5ccccc45)CC3)c12. The molecule has 0 N–H and O–H groups in total. The Morgan fingerprint density at radius 3 is 2.31 bits per heavy atom. The number of rotatable bonds is 5. The lowest BCUT2D eigenvalue weighted by molar-refractivity contribution is 0.0748. The van der Waals surface area contributed by atoms with Gasteiger partial charge in [-0.3, -0.25) is 4.79 Å². The molecule has 1 saturated heterocycles. The Morgan fingerprint density at radius 2 is 1.52 bits per heavy atom. The number of aromatic nitrogens is 4. The van der Waals surface area contributed by atoms with Crippen LogP contribution in [0.3, 0.4) is 0 Å². The van der Waals surface area contributed by atoms with Crippen molar-refractivity contribution >= 4 is 33.5 Å². The molecule has 0 radical (unpaired) electrons. The molecule has 3 heterocycles. The van der Waals surface area contributed by atoms with Gasteiger partial charge in [0.2, 0.25) is 0 Å². The summed E-state index contributed by atoms with van der Waals surface area (Å²) in [5, 5.41) is 7.70. The first kappa shape index (κ1) is 25.8. The maximum Gasteiger partial charge on any atom is 0.254 e. The minimum atomic E-state index is -0.303. The average molecular weight is 557 g/mol. The van der Waals surface area contributed by atoms with Crippen molar-refractivity contribution in [2.75, 3.05) is 31.1 Å². The lowest BCUT2D eigenvalue weighted by Gasteiger charge is -2.36. The van der Waals surface area contributed by atoms with Gasteiger partial charge in [0.15, 0.2) is 5.65 Å². The smallest absolute Gasteiger partial charge is 0.254 e. The number of piperazine rings is 1. The summed E-state index contributed by atoms with van der Waals surface area (Å²) in [5.74, 6) is 1.24. The zero-order valence-corrected chi connectivity index (χ0v) is 23.2. The Morgan fingerprint density at radius 1 is 0.810 bits per heavy atom. The van der Waals surface area contributed by atoms with E-state index in [0.717, 1.165) is 44.5 Å². The van der Waals surface area contributed by atoms with Gasteiger partial charge >= 0.3 is 0 Å². The van der Waals surface area contributed by atoms with Crippen molar-refractivity contribution < 1.29 is 9.18 Å². The lowest BCUT2D eigenvalue weighted by Crippen LogP contribution is -2.49. The molecule has 0 saturated carbocycles. The molecule has 8 heteroatoms. The van der Waals surface area contributed by atoms with Crippen LogP contribution in [0, 0.1) is 12.7 Å². The van der Waals surface area contributed by atoms with Crippen molar-refractivity contribution in [2.45, 2.75) is 13.3 Å². The number of fused-ring (bicyclic) bond motifs is 2.